The fourth-order valence-corrected chi connectivity index (χ4v) is 3.30. The predicted molar refractivity (Wildman–Crippen MR) is 71.6 cm³/mol. The Kier molecular flexibility index (Phi) is 5.68. The van der Waals surface area contributed by atoms with Crippen LogP contribution < -0.4 is 0 Å². The molecule has 1 unspecified atom stereocenters. The third-order valence-corrected chi connectivity index (χ3v) is 4.60. The number of alkyl halides is 3. The summed E-state index contributed by atoms with van der Waals surface area (Å²) in [6.45, 7) is 6.48. The molecule has 0 bridgehead atoms. The lowest BCUT2D eigenvalue weighted by molar-refractivity contribution is -0.192. The molecule has 1 atom stereocenters. The molecule has 0 radical (unpaired) electrons. The zero-order valence-electron chi connectivity index (χ0n) is 12.4. The average molecular weight is 325 g/mol. The minimum absolute atomic E-state index is 0.526. The summed E-state index contributed by atoms with van der Waals surface area (Å²) in [5.41, 5.74) is 0.526. The highest BCUT2D eigenvalue weighted by Gasteiger charge is 2.43. The van der Waals surface area contributed by atoms with Gasteiger partial charge in [-0.1, -0.05) is 0 Å². The summed E-state index contributed by atoms with van der Waals surface area (Å²) in [6.07, 6.45) is 0.0188. The van der Waals surface area contributed by atoms with Gasteiger partial charge in [0.25, 0.3) is 0 Å². The highest BCUT2D eigenvalue weighted by Crippen LogP contribution is 2.39. The van der Waals surface area contributed by atoms with Crippen LogP contribution in [-0.2, 0) is 14.3 Å². The third kappa shape index (κ3) is 4.57. The number of carbonyl (C=O) groups is 1. The van der Waals surface area contributed by atoms with Gasteiger partial charge in [-0.2, -0.15) is 13.2 Å². The van der Waals surface area contributed by atoms with E-state index >= 15 is 0 Å². The molecule has 3 saturated heterocycles. The standard InChI is InChI=1S/C12H21NO2.C2HF3O2/c1-6-14-7-2-11(1)13-5-3-12(9-13)4-8-15-10-12;3-2(4,5)1(6)7/h11H,1-10H2;(H,6,7). The van der Waals surface area contributed by atoms with Crippen LogP contribution in [0.1, 0.15) is 25.7 Å². The van der Waals surface area contributed by atoms with Crippen molar-refractivity contribution in [1.82, 2.24) is 4.90 Å². The molecule has 0 saturated carbocycles. The maximum Gasteiger partial charge on any atom is 0.490 e. The Morgan fingerprint density at radius 2 is 1.77 bits per heavy atom. The van der Waals surface area contributed by atoms with Gasteiger partial charge in [0.1, 0.15) is 0 Å². The van der Waals surface area contributed by atoms with Crippen LogP contribution in [0, 0.1) is 5.41 Å². The number of hydrogen-bond acceptors (Lipinski definition) is 4. The average Bonchev–Trinajstić information content (AvgIpc) is 3.10. The molecular weight excluding hydrogens is 303 g/mol. The number of nitrogens with zero attached hydrogens (tertiary/aromatic N) is 1. The molecule has 0 aliphatic carbocycles. The van der Waals surface area contributed by atoms with E-state index in [2.05, 4.69) is 4.90 Å². The third-order valence-electron chi connectivity index (χ3n) is 4.60. The van der Waals surface area contributed by atoms with Crippen molar-refractivity contribution < 1.29 is 32.5 Å². The summed E-state index contributed by atoms with van der Waals surface area (Å²) in [6, 6.07) is 0.790. The van der Waals surface area contributed by atoms with Gasteiger partial charge in [0, 0.05) is 37.8 Å². The molecule has 1 N–H and O–H groups in total. The van der Waals surface area contributed by atoms with Gasteiger partial charge in [0.2, 0.25) is 0 Å². The lowest BCUT2D eigenvalue weighted by Crippen LogP contribution is -2.39. The van der Waals surface area contributed by atoms with Crippen LogP contribution in [0.5, 0.6) is 0 Å². The zero-order valence-corrected chi connectivity index (χ0v) is 12.4. The molecule has 128 valence electrons. The fraction of sp³-hybridized carbons (Fsp3) is 0.929. The van der Waals surface area contributed by atoms with E-state index in [1.807, 2.05) is 0 Å². The molecule has 3 heterocycles. The van der Waals surface area contributed by atoms with Crippen molar-refractivity contribution >= 4 is 5.97 Å². The van der Waals surface area contributed by atoms with Crippen molar-refractivity contribution in [2.24, 2.45) is 5.41 Å². The van der Waals surface area contributed by atoms with E-state index in [-0.39, 0.29) is 0 Å². The quantitative estimate of drug-likeness (QED) is 0.798. The lowest BCUT2D eigenvalue weighted by Gasteiger charge is -2.32. The predicted octanol–water partition coefficient (Wildman–Crippen LogP) is 1.91. The van der Waals surface area contributed by atoms with Crippen LogP contribution >= 0.6 is 0 Å². The highest BCUT2D eigenvalue weighted by atomic mass is 19.4. The molecule has 0 amide bonds. The van der Waals surface area contributed by atoms with Crippen LogP contribution in [0.15, 0.2) is 0 Å². The summed E-state index contributed by atoms with van der Waals surface area (Å²) in [7, 11) is 0. The van der Waals surface area contributed by atoms with E-state index in [0.29, 0.717) is 5.41 Å². The summed E-state index contributed by atoms with van der Waals surface area (Å²) >= 11 is 0. The van der Waals surface area contributed by atoms with E-state index in [9.17, 15) is 13.2 Å². The zero-order chi connectivity index (χ0) is 16.2. The Bertz CT molecular complexity index is 377. The smallest absolute Gasteiger partial charge is 0.475 e. The topological polar surface area (TPSA) is 59.0 Å². The van der Waals surface area contributed by atoms with Gasteiger partial charge in [0.05, 0.1) is 6.61 Å². The van der Waals surface area contributed by atoms with E-state index in [1.165, 1.54) is 38.8 Å². The van der Waals surface area contributed by atoms with Gasteiger partial charge in [0.15, 0.2) is 0 Å². The largest absolute Gasteiger partial charge is 0.490 e. The van der Waals surface area contributed by atoms with E-state index in [1.54, 1.807) is 0 Å². The second-order valence-electron chi connectivity index (χ2n) is 6.17. The van der Waals surface area contributed by atoms with E-state index in [4.69, 9.17) is 19.4 Å². The van der Waals surface area contributed by atoms with Gasteiger partial charge < -0.3 is 14.6 Å². The van der Waals surface area contributed by atoms with Crippen molar-refractivity contribution in [2.75, 3.05) is 39.5 Å². The van der Waals surface area contributed by atoms with Crippen molar-refractivity contribution in [3.8, 4) is 0 Å². The van der Waals surface area contributed by atoms with Crippen molar-refractivity contribution in [2.45, 2.75) is 37.9 Å². The van der Waals surface area contributed by atoms with Crippen LogP contribution in [-0.4, -0.2) is 67.7 Å². The summed E-state index contributed by atoms with van der Waals surface area (Å²) in [5.74, 6) is -2.76. The number of halogens is 3. The van der Waals surface area contributed by atoms with Crippen LogP contribution in [0.4, 0.5) is 13.2 Å². The monoisotopic (exact) mass is 325 g/mol. The molecule has 22 heavy (non-hydrogen) atoms. The van der Waals surface area contributed by atoms with Gasteiger partial charge in [-0.05, 0) is 32.2 Å². The SMILES string of the molecule is C1CC(N2CCC3(CCOC3)C2)CCO1.O=C(O)C(F)(F)F. The van der Waals surface area contributed by atoms with Gasteiger partial charge in [-0.3, -0.25) is 4.90 Å². The second-order valence-corrected chi connectivity index (χ2v) is 6.17. The molecule has 1 spiro atoms. The normalized spacial score (nSPS) is 30.3. The number of rotatable bonds is 1. The van der Waals surface area contributed by atoms with Crippen LogP contribution in [0.25, 0.3) is 0 Å². The highest BCUT2D eigenvalue weighted by molar-refractivity contribution is 5.73. The molecule has 0 aromatic carbocycles. The number of ether oxygens (including phenoxy) is 2. The minimum atomic E-state index is -5.08. The molecule has 8 heteroatoms. The molecular formula is C14H22F3NO4. The lowest BCUT2D eigenvalue weighted by atomic mass is 9.87. The van der Waals surface area contributed by atoms with E-state index in [0.717, 1.165) is 32.5 Å². The van der Waals surface area contributed by atoms with Gasteiger partial charge >= 0.3 is 12.1 Å². The Balaban J connectivity index is 0.000000217. The number of likely N-dealkylation sites (tertiary alicyclic amines) is 1. The van der Waals surface area contributed by atoms with Crippen molar-refractivity contribution in [3.63, 3.8) is 0 Å². The van der Waals surface area contributed by atoms with Crippen molar-refractivity contribution in [1.29, 1.82) is 0 Å². The van der Waals surface area contributed by atoms with E-state index < -0.39 is 12.1 Å². The first kappa shape index (κ1) is 17.5. The van der Waals surface area contributed by atoms with Gasteiger partial charge in [-0.25, -0.2) is 4.79 Å². The number of carboxylic acid groups (broad SMARTS) is 1. The molecule has 3 aliphatic heterocycles. The first-order valence-corrected chi connectivity index (χ1v) is 7.52. The molecule has 0 aromatic heterocycles. The minimum Gasteiger partial charge on any atom is -0.475 e. The van der Waals surface area contributed by atoms with Crippen molar-refractivity contribution in [3.05, 3.63) is 0 Å². The fourth-order valence-electron chi connectivity index (χ4n) is 3.30. The first-order chi connectivity index (χ1) is 10.3. The Morgan fingerprint density at radius 1 is 1.14 bits per heavy atom. The summed E-state index contributed by atoms with van der Waals surface area (Å²) in [5, 5.41) is 7.12. The second kappa shape index (κ2) is 7.14. The van der Waals surface area contributed by atoms with Crippen LogP contribution in [0.3, 0.4) is 0 Å². The molecule has 5 nitrogen and oxygen atoms in total. The van der Waals surface area contributed by atoms with Crippen LogP contribution in [0.2, 0.25) is 0 Å². The molecule has 3 rings (SSSR count). The summed E-state index contributed by atoms with van der Waals surface area (Å²) in [4.78, 5) is 11.6. The van der Waals surface area contributed by atoms with Gasteiger partial charge in [-0.15, -0.1) is 0 Å². The Labute approximate surface area is 127 Å². The number of aliphatic carboxylic acids is 1. The summed E-state index contributed by atoms with van der Waals surface area (Å²) < 4.78 is 42.7. The Hall–Kier alpha value is -0.860. The maximum atomic E-state index is 10.6. The molecule has 0 aromatic rings. The first-order valence-electron chi connectivity index (χ1n) is 7.52. The maximum absolute atomic E-state index is 10.6. The Morgan fingerprint density at radius 3 is 2.27 bits per heavy atom. The molecule has 3 aliphatic rings. The number of carboxylic acids is 1. The number of hydrogen-bond donors (Lipinski definition) is 1. The molecule has 3 fully saturated rings.